The van der Waals surface area contributed by atoms with Gasteiger partial charge in [0.1, 0.15) is 23.1 Å². The molecule has 172 valence electrons. The van der Waals surface area contributed by atoms with E-state index >= 15 is 4.39 Å². The molecule has 2 aromatic heterocycles. The normalized spacial score (nSPS) is 19.6. The van der Waals surface area contributed by atoms with Crippen molar-refractivity contribution in [3.05, 3.63) is 38.5 Å². The zero-order valence-corrected chi connectivity index (χ0v) is 19.3. The summed E-state index contributed by atoms with van der Waals surface area (Å²) < 4.78 is 19.9. The average molecular weight is 462 g/mol. The number of nitrogens with zero attached hydrogens (tertiary/aromatic N) is 3. The second-order valence-corrected chi connectivity index (χ2v) is 8.68. The van der Waals surface area contributed by atoms with E-state index < -0.39 is 16.8 Å². The van der Waals surface area contributed by atoms with E-state index in [9.17, 15) is 9.59 Å². The van der Waals surface area contributed by atoms with Gasteiger partial charge in [-0.1, -0.05) is 19.0 Å². The Morgan fingerprint density at radius 1 is 1.31 bits per heavy atom. The summed E-state index contributed by atoms with van der Waals surface area (Å²) >= 11 is 1.16. The van der Waals surface area contributed by atoms with E-state index in [1.807, 2.05) is 23.3 Å². The predicted molar refractivity (Wildman–Crippen MR) is 128 cm³/mol. The molecular weight excluding hydrogens is 433 g/mol. The predicted octanol–water partition coefficient (Wildman–Crippen LogP) is 3.19. The van der Waals surface area contributed by atoms with Crippen molar-refractivity contribution >= 4 is 44.1 Å². The molecule has 1 aliphatic heterocycles. The fourth-order valence-electron chi connectivity index (χ4n) is 4.40. The fraction of sp³-hybridized carbons (Fsp3) is 0.500. The van der Waals surface area contributed by atoms with Crippen molar-refractivity contribution < 1.29 is 9.23 Å². The molecule has 8 nitrogen and oxygen atoms in total. The Hall–Kier alpha value is -2.72. The van der Waals surface area contributed by atoms with Crippen molar-refractivity contribution in [1.82, 2.24) is 8.94 Å². The number of oxime groups is 1. The highest BCUT2D eigenvalue weighted by molar-refractivity contribution is 7.12. The zero-order valence-electron chi connectivity index (χ0n) is 18.5. The van der Waals surface area contributed by atoms with Crippen LogP contribution in [0.2, 0.25) is 0 Å². The Labute approximate surface area is 188 Å². The van der Waals surface area contributed by atoms with Crippen molar-refractivity contribution in [2.75, 3.05) is 31.6 Å². The molecule has 10 heteroatoms. The van der Waals surface area contributed by atoms with Gasteiger partial charge in [0.15, 0.2) is 0 Å². The molecule has 1 aliphatic carbocycles. The number of aromatic amines is 1. The first-order valence-electron chi connectivity index (χ1n) is 11.0. The van der Waals surface area contributed by atoms with Crippen molar-refractivity contribution in [3.63, 3.8) is 0 Å². The van der Waals surface area contributed by atoms with Crippen molar-refractivity contribution in [3.8, 4) is 0 Å². The Kier molecular flexibility index (Phi) is 6.34. The molecule has 2 aliphatic rings. The molecule has 1 saturated heterocycles. The van der Waals surface area contributed by atoms with Gasteiger partial charge in [0, 0.05) is 23.9 Å². The van der Waals surface area contributed by atoms with E-state index in [0.717, 1.165) is 36.5 Å². The maximum Gasteiger partial charge on any atom is 0.271 e. The lowest BCUT2D eigenvalue weighted by atomic mass is 10.0. The minimum Gasteiger partial charge on any atom is -0.399 e. The summed E-state index contributed by atoms with van der Waals surface area (Å²) in [6.07, 6.45) is 2.68. The van der Waals surface area contributed by atoms with Crippen LogP contribution in [0.1, 0.15) is 39.2 Å². The third-order valence-corrected chi connectivity index (χ3v) is 6.82. The van der Waals surface area contributed by atoms with Crippen LogP contribution in [0.15, 0.2) is 26.9 Å². The highest BCUT2D eigenvalue weighted by Gasteiger charge is 2.33. The minimum absolute atomic E-state index is 0.0908. The monoisotopic (exact) mass is 461 g/mol. The second kappa shape index (κ2) is 9.03. The Bertz CT molecular complexity index is 1290. The molecule has 1 aromatic carbocycles. The van der Waals surface area contributed by atoms with Crippen LogP contribution >= 0.6 is 11.5 Å². The summed E-state index contributed by atoms with van der Waals surface area (Å²) in [4.78, 5) is 32.7. The van der Waals surface area contributed by atoms with E-state index in [-0.39, 0.29) is 22.7 Å². The molecule has 3 aromatic rings. The molecule has 1 atom stereocenters. The number of nitrogens with one attached hydrogen (secondary N) is 1. The number of fused-ring (bicyclic) bond motifs is 2. The maximum atomic E-state index is 15.2. The summed E-state index contributed by atoms with van der Waals surface area (Å²) in [6, 6.07) is 3.23. The summed E-state index contributed by atoms with van der Waals surface area (Å²) in [5, 5.41) is 4.46. The molecule has 1 unspecified atom stereocenters. The van der Waals surface area contributed by atoms with Gasteiger partial charge in [0.25, 0.3) is 5.56 Å². The number of rotatable bonds is 5. The van der Waals surface area contributed by atoms with E-state index in [4.69, 9.17) is 10.6 Å². The first-order valence-corrected chi connectivity index (χ1v) is 11.8. The summed E-state index contributed by atoms with van der Waals surface area (Å²) in [6.45, 7) is 5.52. The van der Waals surface area contributed by atoms with Crippen LogP contribution < -0.4 is 21.6 Å². The Morgan fingerprint density at radius 3 is 2.72 bits per heavy atom. The Balaban J connectivity index is 0.00000119. The van der Waals surface area contributed by atoms with E-state index in [1.54, 1.807) is 6.07 Å². The first-order chi connectivity index (χ1) is 15.5. The van der Waals surface area contributed by atoms with Gasteiger partial charge in [0.05, 0.1) is 23.5 Å². The largest absolute Gasteiger partial charge is 0.399 e. The highest BCUT2D eigenvalue weighted by atomic mass is 32.1. The van der Waals surface area contributed by atoms with Crippen molar-refractivity contribution in [1.29, 1.82) is 0 Å². The molecule has 0 spiro atoms. The topological polar surface area (TPSA) is 106 Å². The van der Waals surface area contributed by atoms with Crippen LogP contribution in [-0.4, -0.2) is 41.4 Å². The molecule has 1 saturated carbocycles. The third-order valence-electron chi connectivity index (χ3n) is 5.94. The molecule has 5 rings (SSSR count). The molecule has 3 N–H and O–H groups in total. The average Bonchev–Trinajstić information content (AvgIpc) is 3.44. The zero-order chi connectivity index (χ0) is 23.0. The number of halogens is 1. The van der Waals surface area contributed by atoms with Gasteiger partial charge in [-0.2, -0.15) is 0 Å². The third kappa shape index (κ3) is 3.71. The van der Waals surface area contributed by atoms with Gasteiger partial charge in [-0.15, -0.1) is 0 Å². The van der Waals surface area contributed by atoms with Crippen molar-refractivity contribution in [2.45, 2.75) is 39.2 Å². The summed E-state index contributed by atoms with van der Waals surface area (Å²) in [5.74, 6) is -0.397. The van der Waals surface area contributed by atoms with Crippen molar-refractivity contribution in [2.24, 2.45) is 16.8 Å². The van der Waals surface area contributed by atoms with Gasteiger partial charge < -0.3 is 20.0 Å². The number of hydrogen-bond acceptors (Lipinski definition) is 7. The Morgan fingerprint density at radius 2 is 2.06 bits per heavy atom. The van der Waals surface area contributed by atoms with Crippen LogP contribution in [0, 0.1) is 11.7 Å². The second-order valence-electron chi connectivity index (χ2n) is 7.88. The lowest BCUT2D eigenvalue weighted by Crippen LogP contribution is -2.22. The highest BCUT2D eigenvalue weighted by Crippen LogP contribution is 2.41. The van der Waals surface area contributed by atoms with Gasteiger partial charge >= 0.3 is 0 Å². The fourth-order valence-corrected chi connectivity index (χ4v) is 5.33. The van der Waals surface area contributed by atoms with Crippen LogP contribution in [-0.2, 0) is 4.84 Å². The van der Waals surface area contributed by atoms with Crippen LogP contribution in [0.4, 0.5) is 10.1 Å². The van der Waals surface area contributed by atoms with Gasteiger partial charge in [-0.05, 0) is 49.5 Å². The van der Waals surface area contributed by atoms with Gasteiger partial charge in [0.2, 0.25) is 5.43 Å². The maximum absolute atomic E-state index is 15.2. The lowest BCUT2D eigenvalue weighted by Gasteiger charge is -2.21. The SMILES string of the molecule is CC.CO/N=C1\CN(c2cc3c(cc2F)c(=O)c2c(=O)[nH]sc2n3C2CC2)CC1CCN. The van der Waals surface area contributed by atoms with Crippen LogP contribution in [0.5, 0.6) is 0 Å². The van der Waals surface area contributed by atoms with Crippen LogP contribution in [0.25, 0.3) is 21.1 Å². The first kappa shape index (κ1) is 22.5. The quantitative estimate of drug-likeness (QED) is 0.568. The molecule has 0 bridgehead atoms. The number of nitrogens with two attached hydrogens (primary N) is 1. The number of pyridine rings is 1. The number of anilines is 1. The summed E-state index contributed by atoms with van der Waals surface area (Å²) in [7, 11) is 1.49. The number of benzene rings is 1. The number of H-pyrrole nitrogens is 1. The minimum atomic E-state index is -0.488. The smallest absolute Gasteiger partial charge is 0.271 e. The van der Waals surface area contributed by atoms with Gasteiger partial charge in [-0.3, -0.25) is 14.0 Å². The molecular formula is C22H28FN5O3S. The van der Waals surface area contributed by atoms with Crippen LogP contribution in [0.3, 0.4) is 0 Å². The van der Waals surface area contributed by atoms with E-state index in [0.29, 0.717) is 35.7 Å². The molecule has 2 fully saturated rings. The molecule has 0 amide bonds. The number of hydrogen-bond donors (Lipinski definition) is 2. The standard InChI is InChI=1S/C20H22FN5O3S.C2H6/c1-29-23-14-9-25(8-10(14)4-5-22)16-7-15-12(6-13(16)21)18(27)17-19(28)24-30-20(17)26(15)11-2-3-11;1-2/h6-7,10-11H,2-5,8-9,22H2,1H3,(H,24,28);1-2H3/b23-14+;. The van der Waals surface area contributed by atoms with Gasteiger partial charge in [-0.25, -0.2) is 4.39 Å². The van der Waals surface area contributed by atoms with E-state index in [1.165, 1.54) is 13.2 Å². The van der Waals surface area contributed by atoms with E-state index in [2.05, 4.69) is 9.53 Å². The number of aromatic nitrogens is 2. The summed E-state index contributed by atoms with van der Waals surface area (Å²) in [5.41, 5.74) is 6.81. The molecule has 0 radical (unpaired) electrons. The lowest BCUT2D eigenvalue weighted by molar-refractivity contribution is 0.211. The molecule has 3 heterocycles. The molecule has 32 heavy (non-hydrogen) atoms.